The first kappa shape index (κ1) is 19.5. The number of aryl methyl sites for hydroxylation is 2. The van der Waals surface area contributed by atoms with Gasteiger partial charge in [0.05, 0.1) is 11.4 Å². The van der Waals surface area contributed by atoms with Crippen LogP contribution in [-0.4, -0.2) is 28.7 Å². The Morgan fingerprint density at radius 1 is 0.586 bits per heavy atom. The molecule has 4 rings (SSSR count). The van der Waals surface area contributed by atoms with Crippen LogP contribution in [0.15, 0.2) is 73.3 Å². The van der Waals surface area contributed by atoms with Crippen molar-refractivity contribution in [1.82, 2.24) is 28.7 Å². The third kappa shape index (κ3) is 4.44. The summed E-state index contributed by atoms with van der Waals surface area (Å²) in [5.41, 5.74) is 2.07. The molecule has 4 aromatic rings. The summed E-state index contributed by atoms with van der Waals surface area (Å²) in [6.07, 6.45) is 6.80. The lowest BCUT2D eigenvalue weighted by atomic mass is 10.2. The molecular formula is C21H22N6S2. The third-order valence-corrected chi connectivity index (χ3v) is 5.31. The lowest BCUT2D eigenvalue weighted by Crippen LogP contribution is -2.12. The molecule has 2 aromatic heterocycles. The van der Waals surface area contributed by atoms with Gasteiger partial charge in [-0.2, -0.15) is 0 Å². The van der Waals surface area contributed by atoms with Crippen LogP contribution in [0.25, 0.3) is 11.4 Å². The molecule has 2 aromatic carbocycles. The van der Waals surface area contributed by atoms with Gasteiger partial charge >= 0.3 is 0 Å². The molecule has 148 valence electrons. The van der Waals surface area contributed by atoms with E-state index in [4.69, 9.17) is 24.4 Å². The molecule has 0 atom stereocenters. The summed E-state index contributed by atoms with van der Waals surface area (Å²) in [6.45, 7) is 1.74. The molecule has 8 heteroatoms. The van der Waals surface area contributed by atoms with Crippen molar-refractivity contribution >= 4 is 24.4 Å². The number of benzene rings is 2. The Morgan fingerprint density at radius 2 is 1.00 bits per heavy atom. The fourth-order valence-electron chi connectivity index (χ4n) is 3.36. The molecule has 0 saturated heterocycles. The summed E-state index contributed by atoms with van der Waals surface area (Å²) in [6, 6.07) is 20.2. The van der Waals surface area contributed by atoms with E-state index in [1.165, 1.54) is 0 Å². The van der Waals surface area contributed by atoms with Gasteiger partial charge in [-0.05, 0) is 68.0 Å². The summed E-state index contributed by atoms with van der Waals surface area (Å²) in [7, 11) is 0. The zero-order valence-corrected chi connectivity index (χ0v) is 17.6. The van der Waals surface area contributed by atoms with Crippen LogP contribution < -0.4 is 0 Å². The molecule has 6 nitrogen and oxygen atoms in total. The molecule has 2 heterocycles. The zero-order valence-electron chi connectivity index (χ0n) is 16.0. The smallest absolute Gasteiger partial charge is 0.220 e. The highest BCUT2D eigenvalue weighted by Crippen LogP contribution is 2.11. The number of rotatable bonds is 8. The van der Waals surface area contributed by atoms with E-state index >= 15 is 0 Å². The van der Waals surface area contributed by atoms with E-state index in [9.17, 15) is 0 Å². The van der Waals surface area contributed by atoms with E-state index in [0.29, 0.717) is 9.54 Å². The van der Waals surface area contributed by atoms with Crippen molar-refractivity contribution < 1.29 is 0 Å². The van der Waals surface area contributed by atoms with Crippen LogP contribution in [0.1, 0.15) is 19.3 Å². The minimum atomic E-state index is 0.580. The van der Waals surface area contributed by atoms with Crippen LogP contribution >= 0.6 is 24.4 Å². The van der Waals surface area contributed by atoms with E-state index in [1.807, 2.05) is 82.7 Å². The molecule has 0 fully saturated rings. The quantitative estimate of drug-likeness (QED) is 0.296. The Labute approximate surface area is 179 Å². The normalized spacial score (nSPS) is 11.0. The molecule has 29 heavy (non-hydrogen) atoms. The SMILES string of the molecule is S=c1ncn(CCCCCn2cnc(=S)n2-c2ccccc2)n1-c1ccccc1. The van der Waals surface area contributed by atoms with E-state index in [2.05, 4.69) is 19.3 Å². The second kappa shape index (κ2) is 9.11. The maximum atomic E-state index is 5.39. The summed E-state index contributed by atoms with van der Waals surface area (Å²) in [4.78, 5) is 8.60. The van der Waals surface area contributed by atoms with Crippen LogP contribution in [-0.2, 0) is 13.1 Å². The van der Waals surface area contributed by atoms with Crippen molar-refractivity contribution in [2.75, 3.05) is 0 Å². The van der Waals surface area contributed by atoms with Crippen LogP contribution in [0, 0.1) is 9.54 Å². The first-order valence-corrected chi connectivity index (χ1v) is 10.5. The third-order valence-electron chi connectivity index (χ3n) is 4.76. The Kier molecular flexibility index (Phi) is 6.12. The van der Waals surface area contributed by atoms with Crippen molar-refractivity contribution in [2.24, 2.45) is 0 Å². The van der Waals surface area contributed by atoms with Crippen molar-refractivity contribution in [3.05, 3.63) is 82.9 Å². The number of hydrogen-bond acceptors (Lipinski definition) is 4. The average Bonchev–Trinajstić information content (AvgIpc) is 3.31. The fraction of sp³-hybridized carbons (Fsp3) is 0.238. The monoisotopic (exact) mass is 422 g/mol. The molecular weight excluding hydrogens is 400 g/mol. The number of para-hydroxylation sites is 2. The van der Waals surface area contributed by atoms with Crippen LogP contribution in [0.2, 0.25) is 0 Å². The number of hydrogen-bond donors (Lipinski definition) is 0. The maximum absolute atomic E-state index is 5.39. The van der Waals surface area contributed by atoms with Gasteiger partial charge in [0.25, 0.3) is 0 Å². The Morgan fingerprint density at radius 3 is 1.41 bits per heavy atom. The van der Waals surface area contributed by atoms with Gasteiger partial charge in [-0.3, -0.25) is 9.36 Å². The lowest BCUT2D eigenvalue weighted by molar-refractivity contribution is 0.465. The highest BCUT2D eigenvalue weighted by molar-refractivity contribution is 7.71. The summed E-state index contributed by atoms with van der Waals surface area (Å²) < 4.78 is 9.30. The highest BCUT2D eigenvalue weighted by Gasteiger charge is 2.06. The minimum Gasteiger partial charge on any atom is -0.268 e. The lowest BCUT2D eigenvalue weighted by Gasteiger charge is -2.12. The molecule has 0 aliphatic carbocycles. The summed E-state index contributed by atoms with van der Waals surface area (Å²) >= 11 is 10.8. The van der Waals surface area contributed by atoms with Gasteiger partial charge in [-0.15, -0.1) is 0 Å². The second-order valence-electron chi connectivity index (χ2n) is 6.74. The van der Waals surface area contributed by atoms with E-state index < -0.39 is 0 Å². The van der Waals surface area contributed by atoms with Crippen molar-refractivity contribution in [3.63, 3.8) is 0 Å². The number of nitrogens with zero attached hydrogens (tertiary/aromatic N) is 6. The second-order valence-corrected chi connectivity index (χ2v) is 7.47. The topological polar surface area (TPSA) is 45.5 Å². The summed E-state index contributed by atoms with van der Waals surface area (Å²) in [5.74, 6) is 0. The first-order chi connectivity index (χ1) is 14.2. The maximum Gasteiger partial charge on any atom is 0.220 e. The minimum absolute atomic E-state index is 0.580. The molecule has 0 spiro atoms. The number of aromatic nitrogens is 6. The molecule has 0 aliphatic heterocycles. The van der Waals surface area contributed by atoms with Crippen molar-refractivity contribution in [1.29, 1.82) is 0 Å². The molecule has 0 aliphatic rings. The van der Waals surface area contributed by atoms with Gasteiger partial charge in [0.1, 0.15) is 12.7 Å². The molecule has 0 amide bonds. The average molecular weight is 423 g/mol. The van der Waals surface area contributed by atoms with Gasteiger partial charge in [-0.25, -0.2) is 19.3 Å². The Bertz CT molecular complexity index is 1080. The fourth-order valence-corrected chi connectivity index (χ4v) is 3.88. The van der Waals surface area contributed by atoms with Gasteiger partial charge in [0.2, 0.25) is 9.54 Å². The predicted octanol–water partition coefficient (Wildman–Crippen LogP) is 4.99. The Balaban J connectivity index is 1.36. The number of unbranched alkanes of at least 4 members (excludes halogenated alkanes) is 2. The molecule has 0 radical (unpaired) electrons. The summed E-state index contributed by atoms with van der Waals surface area (Å²) in [5, 5.41) is 0. The zero-order chi connectivity index (χ0) is 20.1. The first-order valence-electron chi connectivity index (χ1n) is 9.64. The van der Waals surface area contributed by atoms with E-state index in [0.717, 1.165) is 43.7 Å². The van der Waals surface area contributed by atoms with E-state index in [-0.39, 0.29) is 0 Å². The molecule has 0 N–H and O–H groups in total. The van der Waals surface area contributed by atoms with Crippen molar-refractivity contribution in [3.8, 4) is 11.4 Å². The molecule has 0 bridgehead atoms. The molecule has 0 unspecified atom stereocenters. The van der Waals surface area contributed by atoms with Gasteiger partial charge < -0.3 is 0 Å². The predicted molar refractivity (Wildman–Crippen MR) is 119 cm³/mol. The van der Waals surface area contributed by atoms with Crippen LogP contribution in [0.5, 0.6) is 0 Å². The van der Waals surface area contributed by atoms with E-state index in [1.54, 1.807) is 0 Å². The Hall–Kier alpha value is -2.84. The van der Waals surface area contributed by atoms with Gasteiger partial charge in [0.15, 0.2) is 0 Å². The van der Waals surface area contributed by atoms with Gasteiger partial charge in [0, 0.05) is 13.1 Å². The van der Waals surface area contributed by atoms with Crippen LogP contribution in [0.4, 0.5) is 0 Å². The largest absolute Gasteiger partial charge is 0.268 e. The van der Waals surface area contributed by atoms with Gasteiger partial charge in [-0.1, -0.05) is 36.4 Å². The standard InChI is InChI=1S/C21H22N6S2/c28-20-22-16-24(26(20)18-10-4-1-5-11-18)14-8-3-9-15-25-17-23-21(29)27(25)19-12-6-2-7-13-19/h1-2,4-7,10-13,16-17H,3,8-9,14-15H2. The van der Waals surface area contributed by atoms with Crippen molar-refractivity contribution in [2.45, 2.75) is 32.4 Å². The molecule has 0 saturated carbocycles. The van der Waals surface area contributed by atoms with Crippen LogP contribution in [0.3, 0.4) is 0 Å². The highest BCUT2D eigenvalue weighted by atomic mass is 32.1.